The summed E-state index contributed by atoms with van der Waals surface area (Å²) in [6.07, 6.45) is 3.70. The lowest BCUT2D eigenvalue weighted by Gasteiger charge is -2.25. The van der Waals surface area contributed by atoms with Crippen molar-refractivity contribution in [3.8, 4) is 0 Å². The van der Waals surface area contributed by atoms with Gasteiger partial charge in [0.1, 0.15) is 0 Å². The van der Waals surface area contributed by atoms with E-state index >= 15 is 0 Å². The molecule has 0 saturated heterocycles. The SMILES string of the molecule is O=c1[nH]c2ccc(C3CCC(O)CC3)cc2[nH]1. The highest BCUT2D eigenvalue weighted by atomic mass is 16.3. The molecule has 1 heterocycles. The predicted octanol–water partition coefficient (Wildman–Crippen LogP) is 1.87. The van der Waals surface area contributed by atoms with Gasteiger partial charge in [-0.1, -0.05) is 6.07 Å². The van der Waals surface area contributed by atoms with Crippen LogP contribution in [0.2, 0.25) is 0 Å². The largest absolute Gasteiger partial charge is 0.393 e. The molecule has 17 heavy (non-hydrogen) atoms. The topological polar surface area (TPSA) is 68.9 Å². The normalized spacial score (nSPS) is 25.2. The Balaban J connectivity index is 1.92. The Kier molecular flexibility index (Phi) is 2.52. The molecule has 4 nitrogen and oxygen atoms in total. The van der Waals surface area contributed by atoms with Crippen molar-refractivity contribution in [3.05, 3.63) is 34.2 Å². The van der Waals surface area contributed by atoms with Crippen molar-refractivity contribution in [2.75, 3.05) is 0 Å². The maximum absolute atomic E-state index is 11.2. The number of hydrogen-bond acceptors (Lipinski definition) is 2. The highest BCUT2D eigenvalue weighted by molar-refractivity contribution is 5.75. The van der Waals surface area contributed by atoms with Crippen LogP contribution in [0.15, 0.2) is 23.0 Å². The van der Waals surface area contributed by atoms with E-state index in [4.69, 9.17) is 0 Å². The number of fused-ring (bicyclic) bond motifs is 1. The van der Waals surface area contributed by atoms with Gasteiger partial charge in [0, 0.05) is 0 Å². The highest BCUT2D eigenvalue weighted by Gasteiger charge is 2.20. The van der Waals surface area contributed by atoms with Crippen molar-refractivity contribution in [2.24, 2.45) is 0 Å². The van der Waals surface area contributed by atoms with Gasteiger partial charge in [0.05, 0.1) is 17.1 Å². The van der Waals surface area contributed by atoms with E-state index in [1.807, 2.05) is 6.07 Å². The van der Waals surface area contributed by atoms with E-state index in [0.717, 1.165) is 36.7 Å². The quantitative estimate of drug-likeness (QED) is 0.702. The maximum Gasteiger partial charge on any atom is 0.323 e. The average Bonchev–Trinajstić information content (AvgIpc) is 2.69. The lowest BCUT2D eigenvalue weighted by Crippen LogP contribution is -2.16. The van der Waals surface area contributed by atoms with Crippen LogP contribution in [-0.2, 0) is 0 Å². The summed E-state index contributed by atoms with van der Waals surface area (Å²) in [6, 6.07) is 6.08. The second-order valence-corrected chi connectivity index (χ2v) is 4.89. The minimum absolute atomic E-state index is 0.123. The van der Waals surface area contributed by atoms with Gasteiger partial charge in [-0.25, -0.2) is 4.79 Å². The summed E-state index contributed by atoms with van der Waals surface area (Å²) < 4.78 is 0. The lowest BCUT2D eigenvalue weighted by molar-refractivity contribution is 0.122. The Bertz CT molecular complexity index is 576. The number of hydrogen-bond donors (Lipinski definition) is 3. The van der Waals surface area contributed by atoms with Gasteiger partial charge in [0.2, 0.25) is 0 Å². The van der Waals surface area contributed by atoms with Crippen LogP contribution in [0.1, 0.15) is 37.2 Å². The highest BCUT2D eigenvalue weighted by Crippen LogP contribution is 2.33. The molecule has 0 radical (unpaired) electrons. The van der Waals surface area contributed by atoms with Crippen LogP contribution in [0.3, 0.4) is 0 Å². The minimum Gasteiger partial charge on any atom is -0.393 e. The van der Waals surface area contributed by atoms with Crippen LogP contribution in [0.5, 0.6) is 0 Å². The van der Waals surface area contributed by atoms with Crippen LogP contribution < -0.4 is 5.69 Å². The van der Waals surface area contributed by atoms with Crippen LogP contribution in [0.4, 0.5) is 0 Å². The van der Waals surface area contributed by atoms with Gasteiger partial charge >= 0.3 is 5.69 Å². The van der Waals surface area contributed by atoms with Gasteiger partial charge in [-0.15, -0.1) is 0 Å². The molecular weight excluding hydrogens is 216 g/mol. The minimum atomic E-state index is -0.156. The smallest absolute Gasteiger partial charge is 0.323 e. The van der Waals surface area contributed by atoms with Crippen LogP contribution in [-0.4, -0.2) is 21.2 Å². The van der Waals surface area contributed by atoms with E-state index in [2.05, 4.69) is 22.1 Å². The Hall–Kier alpha value is -1.55. The molecule has 0 spiro atoms. The monoisotopic (exact) mass is 232 g/mol. The summed E-state index contributed by atoms with van der Waals surface area (Å²) in [4.78, 5) is 16.7. The third-order valence-electron chi connectivity index (χ3n) is 3.71. The van der Waals surface area contributed by atoms with Crippen molar-refractivity contribution < 1.29 is 5.11 Å². The van der Waals surface area contributed by atoms with Crippen molar-refractivity contribution in [1.82, 2.24) is 9.97 Å². The van der Waals surface area contributed by atoms with Crippen molar-refractivity contribution in [1.29, 1.82) is 0 Å². The lowest BCUT2D eigenvalue weighted by atomic mass is 9.83. The van der Waals surface area contributed by atoms with E-state index in [1.165, 1.54) is 5.56 Å². The molecule has 4 heteroatoms. The van der Waals surface area contributed by atoms with Crippen molar-refractivity contribution in [2.45, 2.75) is 37.7 Å². The predicted molar refractivity (Wildman–Crippen MR) is 66.1 cm³/mol. The van der Waals surface area contributed by atoms with Gasteiger partial charge in [0.25, 0.3) is 0 Å². The molecule has 1 aromatic carbocycles. The maximum atomic E-state index is 11.2. The van der Waals surface area contributed by atoms with E-state index in [9.17, 15) is 9.90 Å². The van der Waals surface area contributed by atoms with E-state index in [-0.39, 0.29) is 11.8 Å². The molecule has 0 amide bonds. The summed E-state index contributed by atoms with van der Waals surface area (Å²) >= 11 is 0. The molecular formula is C13H16N2O2. The molecule has 1 fully saturated rings. The summed E-state index contributed by atoms with van der Waals surface area (Å²) in [5, 5.41) is 9.50. The number of aliphatic hydroxyl groups is 1. The third-order valence-corrected chi connectivity index (χ3v) is 3.71. The molecule has 90 valence electrons. The fourth-order valence-corrected chi connectivity index (χ4v) is 2.71. The molecule has 0 unspecified atom stereocenters. The van der Waals surface area contributed by atoms with Crippen molar-refractivity contribution in [3.63, 3.8) is 0 Å². The molecule has 0 atom stereocenters. The van der Waals surface area contributed by atoms with Crippen molar-refractivity contribution >= 4 is 11.0 Å². The number of aromatic amines is 2. The summed E-state index contributed by atoms with van der Waals surface area (Å²) in [6.45, 7) is 0. The second kappa shape index (κ2) is 4.04. The standard InChI is InChI=1S/C13H16N2O2/c16-10-4-1-8(2-5-10)9-3-6-11-12(7-9)15-13(17)14-11/h3,6-8,10,16H,1-2,4-5H2,(H2,14,15,17). The Morgan fingerprint density at radius 3 is 2.53 bits per heavy atom. The molecule has 2 aromatic rings. The van der Waals surface area contributed by atoms with Gasteiger partial charge in [-0.05, 0) is 49.3 Å². The number of benzene rings is 1. The summed E-state index contributed by atoms with van der Waals surface area (Å²) in [5.41, 5.74) is 2.84. The van der Waals surface area contributed by atoms with Gasteiger partial charge in [-0.3, -0.25) is 0 Å². The van der Waals surface area contributed by atoms with E-state index in [0.29, 0.717) is 5.92 Å². The number of aliphatic hydroxyl groups excluding tert-OH is 1. The average molecular weight is 232 g/mol. The second-order valence-electron chi connectivity index (χ2n) is 4.89. The van der Waals surface area contributed by atoms with Gasteiger partial charge in [-0.2, -0.15) is 0 Å². The molecule has 1 saturated carbocycles. The molecule has 1 aliphatic carbocycles. The molecule has 1 aliphatic rings. The molecule has 3 rings (SSSR count). The number of rotatable bonds is 1. The Morgan fingerprint density at radius 1 is 1.06 bits per heavy atom. The van der Waals surface area contributed by atoms with Crippen LogP contribution >= 0.6 is 0 Å². The summed E-state index contributed by atoms with van der Waals surface area (Å²) in [5.74, 6) is 0.515. The van der Waals surface area contributed by atoms with Gasteiger partial charge in [0.15, 0.2) is 0 Å². The fourth-order valence-electron chi connectivity index (χ4n) is 2.71. The van der Waals surface area contributed by atoms with Gasteiger partial charge < -0.3 is 15.1 Å². The number of H-pyrrole nitrogens is 2. The van der Waals surface area contributed by atoms with E-state index in [1.54, 1.807) is 0 Å². The zero-order valence-electron chi connectivity index (χ0n) is 9.57. The molecule has 0 bridgehead atoms. The third kappa shape index (κ3) is 2.00. The first-order valence-corrected chi connectivity index (χ1v) is 6.12. The zero-order chi connectivity index (χ0) is 11.8. The number of aromatic nitrogens is 2. The first-order valence-electron chi connectivity index (χ1n) is 6.12. The zero-order valence-corrected chi connectivity index (χ0v) is 9.57. The first kappa shape index (κ1) is 10.6. The fraction of sp³-hybridized carbons (Fsp3) is 0.462. The first-order chi connectivity index (χ1) is 8.22. The van der Waals surface area contributed by atoms with E-state index < -0.39 is 0 Å². The number of imidazole rings is 1. The summed E-state index contributed by atoms with van der Waals surface area (Å²) in [7, 11) is 0. The molecule has 1 aromatic heterocycles. The molecule has 3 N–H and O–H groups in total. The van der Waals surface area contributed by atoms with Crippen LogP contribution in [0, 0.1) is 0 Å². The Morgan fingerprint density at radius 2 is 1.76 bits per heavy atom. The Labute approximate surface area is 98.7 Å². The molecule has 0 aliphatic heterocycles. The van der Waals surface area contributed by atoms with Crippen LogP contribution in [0.25, 0.3) is 11.0 Å². The number of nitrogens with one attached hydrogen (secondary N) is 2.